The number of carbonyl (C=O) groups excluding carboxylic acids is 1. The standard InChI is InChI=1S/C13H23NO4S/c1-19-9-7-11(13(16)17)14-12(15)6-5-10-4-2-3-8-18-10/h10-11H,2-9H2,1H3,(H,14,15)(H,16,17). The van der Waals surface area contributed by atoms with Crippen LogP contribution >= 0.6 is 11.8 Å². The van der Waals surface area contributed by atoms with Gasteiger partial charge in [0.05, 0.1) is 6.10 Å². The summed E-state index contributed by atoms with van der Waals surface area (Å²) in [6.07, 6.45) is 6.81. The average molecular weight is 289 g/mol. The minimum absolute atomic E-state index is 0.161. The summed E-state index contributed by atoms with van der Waals surface area (Å²) in [5.74, 6) is -0.429. The summed E-state index contributed by atoms with van der Waals surface area (Å²) in [5.41, 5.74) is 0. The lowest BCUT2D eigenvalue weighted by Crippen LogP contribution is -2.41. The zero-order valence-corrected chi connectivity index (χ0v) is 12.2. The number of amides is 1. The summed E-state index contributed by atoms with van der Waals surface area (Å²) in [6, 6.07) is -0.771. The van der Waals surface area contributed by atoms with Crippen molar-refractivity contribution in [2.45, 2.75) is 50.7 Å². The lowest BCUT2D eigenvalue weighted by atomic mass is 10.0. The van der Waals surface area contributed by atoms with Crippen LogP contribution in [0.4, 0.5) is 0 Å². The molecule has 0 aromatic carbocycles. The van der Waals surface area contributed by atoms with E-state index in [1.807, 2.05) is 6.26 Å². The van der Waals surface area contributed by atoms with Crippen LogP contribution in [-0.2, 0) is 14.3 Å². The van der Waals surface area contributed by atoms with Crippen molar-refractivity contribution in [2.24, 2.45) is 0 Å². The fourth-order valence-corrected chi connectivity index (χ4v) is 2.56. The summed E-state index contributed by atoms with van der Waals surface area (Å²) >= 11 is 1.58. The van der Waals surface area contributed by atoms with Crippen LogP contribution < -0.4 is 5.32 Å². The highest BCUT2D eigenvalue weighted by Crippen LogP contribution is 2.16. The quantitative estimate of drug-likeness (QED) is 0.711. The van der Waals surface area contributed by atoms with Crippen molar-refractivity contribution in [3.05, 3.63) is 0 Å². The zero-order valence-electron chi connectivity index (χ0n) is 11.4. The number of hydrogen-bond donors (Lipinski definition) is 2. The van der Waals surface area contributed by atoms with Gasteiger partial charge in [0.25, 0.3) is 0 Å². The monoisotopic (exact) mass is 289 g/mol. The molecule has 0 aliphatic carbocycles. The molecule has 1 rings (SSSR count). The number of thioether (sulfide) groups is 1. The van der Waals surface area contributed by atoms with E-state index in [0.717, 1.165) is 31.6 Å². The van der Waals surface area contributed by atoms with Gasteiger partial charge in [-0.3, -0.25) is 4.79 Å². The highest BCUT2D eigenvalue weighted by atomic mass is 32.2. The molecule has 1 heterocycles. The Kier molecular flexibility index (Phi) is 7.90. The normalized spacial score (nSPS) is 20.8. The molecule has 6 heteroatoms. The molecule has 2 atom stereocenters. The van der Waals surface area contributed by atoms with Gasteiger partial charge in [0.1, 0.15) is 6.04 Å². The number of ether oxygens (including phenoxy) is 1. The first-order chi connectivity index (χ1) is 9.13. The van der Waals surface area contributed by atoms with Crippen LogP contribution in [0.2, 0.25) is 0 Å². The molecule has 19 heavy (non-hydrogen) atoms. The van der Waals surface area contributed by atoms with Gasteiger partial charge >= 0.3 is 5.97 Å². The molecule has 0 saturated carbocycles. The molecule has 110 valence electrons. The van der Waals surface area contributed by atoms with Crippen LogP contribution in [0.3, 0.4) is 0 Å². The van der Waals surface area contributed by atoms with Crippen molar-refractivity contribution in [3.63, 3.8) is 0 Å². The van der Waals surface area contributed by atoms with Crippen molar-refractivity contribution in [1.29, 1.82) is 0 Å². The molecule has 0 aromatic rings. The molecule has 2 unspecified atom stereocenters. The second kappa shape index (κ2) is 9.20. The first-order valence-electron chi connectivity index (χ1n) is 6.76. The third kappa shape index (κ3) is 6.82. The van der Waals surface area contributed by atoms with Crippen molar-refractivity contribution >= 4 is 23.6 Å². The van der Waals surface area contributed by atoms with Crippen LogP contribution in [0.1, 0.15) is 38.5 Å². The summed E-state index contributed by atoms with van der Waals surface area (Å²) in [4.78, 5) is 22.7. The summed E-state index contributed by atoms with van der Waals surface area (Å²) in [5, 5.41) is 11.6. The molecule has 1 aliphatic rings. The Balaban J connectivity index is 2.25. The number of hydrogen-bond acceptors (Lipinski definition) is 4. The van der Waals surface area contributed by atoms with E-state index < -0.39 is 12.0 Å². The van der Waals surface area contributed by atoms with E-state index in [9.17, 15) is 9.59 Å². The van der Waals surface area contributed by atoms with E-state index in [4.69, 9.17) is 9.84 Å². The van der Waals surface area contributed by atoms with Crippen LogP contribution in [0.5, 0.6) is 0 Å². The number of aliphatic carboxylic acids is 1. The third-order valence-corrected chi connectivity index (χ3v) is 3.86. The van der Waals surface area contributed by atoms with E-state index in [1.165, 1.54) is 0 Å². The Hall–Kier alpha value is -0.750. The molecule has 1 amide bonds. The van der Waals surface area contributed by atoms with E-state index in [1.54, 1.807) is 11.8 Å². The van der Waals surface area contributed by atoms with Gasteiger partial charge in [0.15, 0.2) is 0 Å². The highest BCUT2D eigenvalue weighted by molar-refractivity contribution is 7.98. The number of carboxylic acid groups (broad SMARTS) is 1. The molecule has 2 N–H and O–H groups in total. The molecular formula is C13H23NO4S. The van der Waals surface area contributed by atoms with Crippen molar-refractivity contribution in [1.82, 2.24) is 5.32 Å². The predicted octanol–water partition coefficient (Wildman–Crippen LogP) is 1.66. The predicted molar refractivity (Wildman–Crippen MR) is 75.4 cm³/mol. The highest BCUT2D eigenvalue weighted by Gasteiger charge is 2.20. The summed E-state index contributed by atoms with van der Waals surface area (Å²) < 4.78 is 5.55. The smallest absolute Gasteiger partial charge is 0.326 e. The molecular weight excluding hydrogens is 266 g/mol. The maximum absolute atomic E-state index is 11.7. The minimum Gasteiger partial charge on any atom is -0.480 e. The van der Waals surface area contributed by atoms with Crippen LogP contribution in [0, 0.1) is 0 Å². The van der Waals surface area contributed by atoms with E-state index in [2.05, 4.69) is 5.32 Å². The Morgan fingerprint density at radius 1 is 1.47 bits per heavy atom. The van der Waals surface area contributed by atoms with Crippen LogP contribution in [-0.4, -0.2) is 47.7 Å². The lowest BCUT2D eigenvalue weighted by Gasteiger charge is -2.22. The molecule has 1 fully saturated rings. The Morgan fingerprint density at radius 3 is 2.84 bits per heavy atom. The molecule has 0 bridgehead atoms. The van der Waals surface area contributed by atoms with E-state index in [0.29, 0.717) is 19.3 Å². The summed E-state index contributed by atoms with van der Waals surface area (Å²) in [6.45, 7) is 0.776. The van der Waals surface area contributed by atoms with Crippen LogP contribution in [0.25, 0.3) is 0 Å². The molecule has 0 radical (unpaired) electrons. The second-order valence-corrected chi connectivity index (χ2v) is 5.75. The van der Waals surface area contributed by atoms with Crippen molar-refractivity contribution in [3.8, 4) is 0 Å². The lowest BCUT2D eigenvalue weighted by molar-refractivity contribution is -0.142. The van der Waals surface area contributed by atoms with Gasteiger partial charge in [0.2, 0.25) is 5.91 Å². The van der Waals surface area contributed by atoms with Gasteiger partial charge in [-0.05, 0) is 44.1 Å². The summed E-state index contributed by atoms with van der Waals surface area (Å²) in [7, 11) is 0. The van der Waals surface area contributed by atoms with E-state index >= 15 is 0 Å². The first-order valence-corrected chi connectivity index (χ1v) is 8.15. The van der Waals surface area contributed by atoms with Crippen molar-refractivity contribution < 1.29 is 19.4 Å². The average Bonchev–Trinajstić information content (AvgIpc) is 2.42. The zero-order chi connectivity index (χ0) is 14.1. The van der Waals surface area contributed by atoms with Gasteiger partial charge in [-0.2, -0.15) is 11.8 Å². The van der Waals surface area contributed by atoms with Gasteiger partial charge in [0, 0.05) is 13.0 Å². The molecule has 0 aromatic heterocycles. The van der Waals surface area contributed by atoms with E-state index in [-0.39, 0.29) is 12.0 Å². The SMILES string of the molecule is CSCCC(NC(=O)CCC1CCCCO1)C(=O)O. The first kappa shape index (κ1) is 16.3. The second-order valence-electron chi connectivity index (χ2n) is 4.77. The maximum Gasteiger partial charge on any atom is 0.326 e. The molecule has 5 nitrogen and oxygen atoms in total. The number of carboxylic acids is 1. The van der Waals surface area contributed by atoms with Gasteiger partial charge in [-0.15, -0.1) is 0 Å². The molecule has 1 aliphatic heterocycles. The number of nitrogens with one attached hydrogen (secondary N) is 1. The Bertz CT molecular complexity index is 292. The maximum atomic E-state index is 11.7. The van der Waals surface area contributed by atoms with Gasteiger partial charge < -0.3 is 15.2 Å². The number of carbonyl (C=O) groups is 2. The topological polar surface area (TPSA) is 75.6 Å². The number of rotatable bonds is 8. The van der Waals surface area contributed by atoms with Crippen molar-refractivity contribution in [2.75, 3.05) is 18.6 Å². The fourth-order valence-electron chi connectivity index (χ4n) is 2.09. The molecule has 0 spiro atoms. The third-order valence-electron chi connectivity index (χ3n) is 3.21. The van der Waals surface area contributed by atoms with Gasteiger partial charge in [-0.1, -0.05) is 0 Å². The van der Waals surface area contributed by atoms with Gasteiger partial charge in [-0.25, -0.2) is 4.79 Å². The Morgan fingerprint density at radius 2 is 2.26 bits per heavy atom. The minimum atomic E-state index is -0.962. The fraction of sp³-hybridized carbons (Fsp3) is 0.846. The Labute approximate surface area is 118 Å². The largest absolute Gasteiger partial charge is 0.480 e. The molecule has 1 saturated heterocycles. The van der Waals surface area contributed by atoms with Crippen LogP contribution in [0.15, 0.2) is 0 Å².